The lowest BCUT2D eigenvalue weighted by Gasteiger charge is -2.34. The zero-order valence-electron chi connectivity index (χ0n) is 13.9. The Kier molecular flexibility index (Phi) is 6.14. The van der Waals surface area contributed by atoms with Crippen molar-refractivity contribution in [3.05, 3.63) is 51.2 Å². The van der Waals surface area contributed by atoms with Gasteiger partial charge in [0.25, 0.3) is 0 Å². The van der Waals surface area contributed by atoms with Crippen molar-refractivity contribution in [3.8, 4) is 0 Å². The number of rotatable bonds is 6. The van der Waals surface area contributed by atoms with Gasteiger partial charge in [-0.15, -0.1) is 11.3 Å². The first-order valence-electron chi connectivity index (χ1n) is 8.08. The van der Waals surface area contributed by atoms with Gasteiger partial charge in [0.05, 0.1) is 24.3 Å². The first-order chi connectivity index (χ1) is 12.0. The highest BCUT2D eigenvalue weighted by atomic mass is 35.5. The maximum Gasteiger partial charge on any atom is 0.242 e. The second-order valence-corrected chi connectivity index (χ2v) is 9.09. The van der Waals surface area contributed by atoms with Crippen molar-refractivity contribution in [1.82, 2.24) is 9.62 Å². The molecular weight excluding hydrogens is 380 g/mol. The summed E-state index contributed by atoms with van der Waals surface area (Å²) in [5.41, 5.74) is 0.925. The number of ether oxygens (including phenoxy) is 1. The van der Waals surface area contributed by atoms with Crippen LogP contribution >= 0.6 is 22.9 Å². The molecule has 136 valence electrons. The molecular formula is C17H21ClN2O3S2. The molecule has 5 nitrogen and oxygen atoms in total. The second kappa shape index (κ2) is 8.16. The molecule has 1 aliphatic heterocycles. The molecule has 1 fully saturated rings. The van der Waals surface area contributed by atoms with Gasteiger partial charge in [-0.1, -0.05) is 23.7 Å². The molecule has 0 radical (unpaired) electrons. The zero-order valence-corrected chi connectivity index (χ0v) is 16.3. The summed E-state index contributed by atoms with van der Waals surface area (Å²) in [4.78, 5) is 3.51. The van der Waals surface area contributed by atoms with Crippen LogP contribution in [0, 0.1) is 6.92 Å². The van der Waals surface area contributed by atoms with Gasteiger partial charge in [0.1, 0.15) is 4.90 Å². The standard InChI is InChI=1S/C17H21ClN2O3S2/c1-13-4-5-17(14(18)11-13)25(21,22)19-12-15(16-3-2-10-24-16)20-6-8-23-9-7-20/h2-5,10-11,15,19H,6-9,12H2,1H3. The van der Waals surface area contributed by atoms with Crippen molar-refractivity contribution in [3.63, 3.8) is 0 Å². The maximum atomic E-state index is 12.7. The average Bonchev–Trinajstić information content (AvgIpc) is 3.10. The van der Waals surface area contributed by atoms with Gasteiger partial charge in [0.2, 0.25) is 10.0 Å². The molecule has 1 N–H and O–H groups in total. The van der Waals surface area contributed by atoms with Crippen LogP contribution in [0.2, 0.25) is 5.02 Å². The Hall–Kier alpha value is -0.960. The van der Waals surface area contributed by atoms with Crippen molar-refractivity contribution >= 4 is 33.0 Å². The topological polar surface area (TPSA) is 58.6 Å². The van der Waals surface area contributed by atoms with Crippen molar-refractivity contribution < 1.29 is 13.2 Å². The Morgan fingerprint density at radius 3 is 2.72 bits per heavy atom. The molecule has 0 bridgehead atoms. The first-order valence-corrected chi connectivity index (χ1v) is 10.8. The van der Waals surface area contributed by atoms with E-state index in [4.69, 9.17) is 16.3 Å². The molecule has 1 aromatic carbocycles. The van der Waals surface area contributed by atoms with E-state index in [-0.39, 0.29) is 16.0 Å². The van der Waals surface area contributed by atoms with Gasteiger partial charge < -0.3 is 4.74 Å². The summed E-state index contributed by atoms with van der Waals surface area (Å²) in [6.07, 6.45) is 0. The van der Waals surface area contributed by atoms with Gasteiger partial charge in [0, 0.05) is 24.5 Å². The number of hydrogen-bond acceptors (Lipinski definition) is 5. The lowest BCUT2D eigenvalue weighted by molar-refractivity contribution is 0.0179. The summed E-state index contributed by atoms with van der Waals surface area (Å²) in [7, 11) is -3.67. The number of aryl methyl sites for hydroxylation is 1. The monoisotopic (exact) mass is 400 g/mol. The molecule has 1 unspecified atom stereocenters. The molecule has 0 aliphatic carbocycles. The quantitative estimate of drug-likeness (QED) is 0.809. The molecule has 25 heavy (non-hydrogen) atoms. The molecule has 1 atom stereocenters. The van der Waals surface area contributed by atoms with Crippen LogP contribution < -0.4 is 4.72 Å². The lowest BCUT2D eigenvalue weighted by atomic mass is 10.2. The summed E-state index contributed by atoms with van der Waals surface area (Å²) < 4.78 is 33.5. The van der Waals surface area contributed by atoms with E-state index in [0.29, 0.717) is 19.8 Å². The molecule has 8 heteroatoms. The molecule has 3 rings (SSSR count). The van der Waals surface area contributed by atoms with E-state index in [2.05, 4.69) is 9.62 Å². The predicted octanol–water partition coefficient (Wildman–Crippen LogP) is 3.06. The predicted molar refractivity (Wildman–Crippen MR) is 101 cm³/mol. The number of morpholine rings is 1. The van der Waals surface area contributed by atoms with E-state index in [9.17, 15) is 8.42 Å². The van der Waals surface area contributed by atoms with Crippen LogP contribution in [-0.4, -0.2) is 46.2 Å². The number of sulfonamides is 1. The average molecular weight is 401 g/mol. The molecule has 0 saturated carbocycles. The van der Waals surface area contributed by atoms with E-state index < -0.39 is 10.0 Å². The van der Waals surface area contributed by atoms with Crippen molar-refractivity contribution in [2.24, 2.45) is 0 Å². The van der Waals surface area contributed by atoms with Crippen LogP contribution in [0.1, 0.15) is 16.5 Å². The number of thiophene rings is 1. The Balaban J connectivity index is 1.78. The van der Waals surface area contributed by atoms with Crippen LogP contribution in [-0.2, 0) is 14.8 Å². The Morgan fingerprint density at radius 1 is 1.32 bits per heavy atom. The summed E-state index contributed by atoms with van der Waals surface area (Å²) in [6, 6.07) is 8.97. The SMILES string of the molecule is Cc1ccc(S(=O)(=O)NCC(c2cccs2)N2CCOCC2)c(Cl)c1. The molecule has 0 amide bonds. The second-order valence-electron chi connectivity index (χ2n) is 5.97. The fourth-order valence-corrected chi connectivity index (χ4v) is 5.37. The number of nitrogens with one attached hydrogen (secondary N) is 1. The minimum Gasteiger partial charge on any atom is -0.379 e. The van der Waals surface area contributed by atoms with E-state index in [1.165, 1.54) is 0 Å². The summed E-state index contributed by atoms with van der Waals surface area (Å²) in [6.45, 7) is 5.08. The van der Waals surface area contributed by atoms with Crippen LogP contribution in [0.25, 0.3) is 0 Å². The van der Waals surface area contributed by atoms with Gasteiger partial charge in [0.15, 0.2) is 0 Å². The number of benzene rings is 1. The summed E-state index contributed by atoms with van der Waals surface area (Å²) in [5, 5.41) is 2.25. The first kappa shape index (κ1) is 18.8. The minimum atomic E-state index is -3.67. The van der Waals surface area contributed by atoms with Crippen molar-refractivity contribution in [1.29, 1.82) is 0 Å². The third-order valence-electron chi connectivity index (χ3n) is 4.20. The lowest BCUT2D eigenvalue weighted by Crippen LogP contribution is -2.43. The van der Waals surface area contributed by atoms with Crippen LogP contribution in [0.3, 0.4) is 0 Å². The van der Waals surface area contributed by atoms with Gasteiger partial charge in [-0.2, -0.15) is 0 Å². The van der Waals surface area contributed by atoms with Crippen LogP contribution in [0.5, 0.6) is 0 Å². The Morgan fingerprint density at radius 2 is 2.08 bits per heavy atom. The van der Waals surface area contributed by atoms with E-state index in [0.717, 1.165) is 23.5 Å². The minimum absolute atomic E-state index is 0.0112. The third kappa shape index (κ3) is 4.61. The zero-order chi connectivity index (χ0) is 17.9. The largest absolute Gasteiger partial charge is 0.379 e. The van der Waals surface area contributed by atoms with Gasteiger partial charge in [-0.05, 0) is 36.1 Å². The van der Waals surface area contributed by atoms with Crippen LogP contribution in [0.15, 0.2) is 40.6 Å². The third-order valence-corrected chi connectivity index (χ3v) is 7.08. The van der Waals surface area contributed by atoms with Gasteiger partial charge >= 0.3 is 0 Å². The van der Waals surface area contributed by atoms with E-state index in [1.807, 2.05) is 24.4 Å². The normalized spacial score (nSPS) is 17.5. The fraction of sp³-hybridized carbons (Fsp3) is 0.412. The maximum absolute atomic E-state index is 12.7. The smallest absolute Gasteiger partial charge is 0.242 e. The fourth-order valence-electron chi connectivity index (χ4n) is 2.87. The van der Waals surface area contributed by atoms with Crippen LogP contribution in [0.4, 0.5) is 0 Å². The number of halogens is 1. The number of hydrogen-bond donors (Lipinski definition) is 1. The molecule has 2 heterocycles. The molecule has 1 saturated heterocycles. The molecule has 0 spiro atoms. The number of nitrogens with zero attached hydrogens (tertiary/aromatic N) is 1. The highest BCUT2D eigenvalue weighted by molar-refractivity contribution is 7.89. The molecule has 1 aromatic heterocycles. The highest BCUT2D eigenvalue weighted by Crippen LogP contribution is 2.27. The summed E-state index contributed by atoms with van der Waals surface area (Å²) >= 11 is 7.77. The molecule has 1 aliphatic rings. The van der Waals surface area contributed by atoms with Crippen molar-refractivity contribution in [2.45, 2.75) is 17.9 Å². The highest BCUT2D eigenvalue weighted by Gasteiger charge is 2.26. The van der Waals surface area contributed by atoms with Gasteiger partial charge in [-0.25, -0.2) is 13.1 Å². The van der Waals surface area contributed by atoms with E-state index in [1.54, 1.807) is 29.5 Å². The van der Waals surface area contributed by atoms with Gasteiger partial charge in [-0.3, -0.25) is 4.90 Å². The Bertz CT molecular complexity index is 803. The summed E-state index contributed by atoms with van der Waals surface area (Å²) in [5.74, 6) is 0. The molecule has 2 aromatic rings. The Labute approximate surface area is 157 Å². The van der Waals surface area contributed by atoms with Crippen molar-refractivity contribution in [2.75, 3.05) is 32.8 Å². The van der Waals surface area contributed by atoms with E-state index >= 15 is 0 Å².